The molecule has 3 amide bonds. The summed E-state index contributed by atoms with van der Waals surface area (Å²) in [6.45, 7) is 10.1. The largest absolute Gasteiger partial charge is 0.394 e. The SMILES string of the molecule is CCCNC(=O)[C@@H]1[C@H]2C(=O)N([C@@H](CO)[C@@H](C)CC)C(C(=O)Nc3ccc4ccccc4c3)C23CC(C)[C@@]1(C)O3. The highest BCUT2D eigenvalue weighted by Crippen LogP contribution is 2.65. The monoisotopic (exact) mass is 535 g/mol. The fraction of sp³-hybridized carbons (Fsp3) is 0.581. The van der Waals surface area contributed by atoms with Crippen molar-refractivity contribution in [2.45, 2.75) is 77.2 Å². The van der Waals surface area contributed by atoms with Crippen LogP contribution in [0.15, 0.2) is 42.5 Å². The van der Waals surface area contributed by atoms with Crippen LogP contribution in [-0.4, -0.2) is 64.2 Å². The van der Waals surface area contributed by atoms with E-state index >= 15 is 0 Å². The number of hydrogen-bond acceptors (Lipinski definition) is 5. The summed E-state index contributed by atoms with van der Waals surface area (Å²) in [6, 6.07) is 12.1. The third kappa shape index (κ3) is 4.14. The van der Waals surface area contributed by atoms with Crippen molar-refractivity contribution in [2.75, 3.05) is 18.5 Å². The number of carbonyl (C=O) groups is 3. The van der Waals surface area contributed by atoms with Gasteiger partial charge < -0.3 is 25.4 Å². The van der Waals surface area contributed by atoms with Crippen molar-refractivity contribution in [1.29, 1.82) is 0 Å². The molecule has 3 unspecified atom stereocenters. The minimum Gasteiger partial charge on any atom is -0.394 e. The maximum absolute atomic E-state index is 14.3. The number of fused-ring (bicyclic) bond motifs is 2. The van der Waals surface area contributed by atoms with Crippen LogP contribution >= 0.6 is 0 Å². The number of ether oxygens (including phenoxy) is 1. The Kier molecular flexibility index (Phi) is 7.22. The lowest BCUT2D eigenvalue weighted by Gasteiger charge is -2.39. The molecule has 39 heavy (non-hydrogen) atoms. The van der Waals surface area contributed by atoms with Gasteiger partial charge in [-0.05, 0) is 54.5 Å². The quantitative estimate of drug-likeness (QED) is 0.454. The smallest absolute Gasteiger partial charge is 0.250 e. The minimum atomic E-state index is -1.15. The van der Waals surface area contributed by atoms with Crippen molar-refractivity contribution in [3.05, 3.63) is 42.5 Å². The van der Waals surface area contributed by atoms with Crippen LogP contribution in [0.5, 0.6) is 0 Å². The second-order valence-corrected chi connectivity index (χ2v) is 11.9. The molecule has 3 saturated heterocycles. The zero-order valence-electron chi connectivity index (χ0n) is 23.6. The molecule has 0 aliphatic carbocycles. The molecule has 8 atom stereocenters. The van der Waals surface area contributed by atoms with Gasteiger partial charge in [0, 0.05) is 12.2 Å². The van der Waals surface area contributed by atoms with Gasteiger partial charge in [0.1, 0.15) is 11.6 Å². The molecule has 2 bridgehead atoms. The van der Waals surface area contributed by atoms with E-state index in [1.165, 1.54) is 0 Å². The number of likely N-dealkylation sites (tertiary alicyclic amines) is 1. The standard InChI is InChI=1S/C31H41N3O5/c1-6-14-32-27(36)24-25-29(38)34(23(17-35)18(3)7-2)26(31(25)16-19(4)30(24,5)39-31)28(37)33-22-13-12-20-10-8-9-11-21(20)15-22/h8-13,15,18-19,23-26,35H,6-7,14,16-17H2,1-5H3,(H,32,36)(H,33,37)/t18-,19?,23-,24-,25-,26?,30+,31?/m0/s1. The molecule has 8 nitrogen and oxygen atoms in total. The van der Waals surface area contributed by atoms with Gasteiger partial charge in [-0.15, -0.1) is 0 Å². The Hall–Kier alpha value is -2.97. The van der Waals surface area contributed by atoms with Gasteiger partial charge in [0.15, 0.2) is 0 Å². The second kappa shape index (κ2) is 10.2. The number of hydrogen-bond donors (Lipinski definition) is 3. The summed E-state index contributed by atoms with van der Waals surface area (Å²) < 4.78 is 6.78. The number of carbonyl (C=O) groups excluding carboxylic acids is 3. The first kappa shape index (κ1) is 27.6. The zero-order chi connectivity index (χ0) is 28.1. The van der Waals surface area contributed by atoms with Gasteiger partial charge in [-0.1, -0.05) is 64.4 Å². The molecule has 3 N–H and O–H groups in total. The fourth-order valence-corrected chi connectivity index (χ4v) is 7.38. The average Bonchev–Trinajstić information content (AvgIpc) is 3.44. The van der Waals surface area contributed by atoms with E-state index in [9.17, 15) is 19.5 Å². The lowest BCUT2D eigenvalue weighted by Crippen LogP contribution is -2.57. The van der Waals surface area contributed by atoms with Crippen LogP contribution in [0.4, 0.5) is 5.69 Å². The molecular weight excluding hydrogens is 494 g/mol. The van der Waals surface area contributed by atoms with Gasteiger partial charge in [-0.2, -0.15) is 0 Å². The molecule has 3 fully saturated rings. The molecule has 8 heteroatoms. The predicted molar refractivity (Wildman–Crippen MR) is 150 cm³/mol. The van der Waals surface area contributed by atoms with Crippen LogP contribution in [0.1, 0.15) is 53.9 Å². The van der Waals surface area contributed by atoms with Crippen molar-refractivity contribution in [3.8, 4) is 0 Å². The van der Waals surface area contributed by atoms with Gasteiger partial charge in [0.2, 0.25) is 17.7 Å². The Labute approximate surface area is 230 Å². The molecule has 210 valence electrons. The summed E-state index contributed by atoms with van der Waals surface area (Å²) in [7, 11) is 0. The topological polar surface area (TPSA) is 108 Å². The minimum absolute atomic E-state index is 0.0361. The lowest BCUT2D eigenvalue weighted by molar-refractivity contribution is -0.150. The van der Waals surface area contributed by atoms with E-state index in [0.29, 0.717) is 18.7 Å². The summed E-state index contributed by atoms with van der Waals surface area (Å²) in [4.78, 5) is 43.7. The molecule has 1 spiro atoms. The summed E-state index contributed by atoms with van der Waals surface area (Å²) in [5.74, 6) is -2.42. The molecule has 0 aromatic heterocycles. The van der Waals surface area contributed by atoms with Crippen molar-refractivity contribution >= 4 is 34.2 Å². The normalized spacial score (nSPS) is 32.8. The van der Waals surface area contributed by atoms with Gasteiger partial charge in [0.05, 0.1) is 30.1 Å². The fourth-order valence-electron chi connectivity index (χ4n) is 7.38. The van der Waals surface area contributed by atoms with E-state index in [2.05, 4.69) is 10.6 Å². The predicted octanol–water partition coefficient (Wildman–Crippen LogP) is 3.72. The number of anilines is 1. The van der Waals surface area contributed by atoms with Crippen LogP contribution < -0.4 is 10.6 Å². The molecule has 5 rings (SSSR count). The molecular formula is C31H41N3O5. The molecule has 2 aromatic rings. The Balaban J connectivity index is 1.58. The number of amides is 3. The van der Waals surface area contributed by atoms with E-state index < -0.39 is 35.1 Å². The number of nitrogens with zero attached hydrogens (tertiary/aromatic N) is 1. The Bertz CT molecular complexity index is 1280. The Morgan fingerprint density at radius 2 is 1.87 bits per heavy atom. The molecule has 2 aromatic carbocycles. The van der Waals surface area contributed by atoms with Crippen LogP contribution in [0.25, 0.3) is 10.8 Å². The number of aliphatic hydroxyl groups is 1. The van der Waals surface area contributed by atoms with E-state index in [1.807, 2.05) is 77.1 Å². The van der Waals surface area contributed by atoms with Crippen molar-refractivity contribution in [1.82, 2.24) is 10.2 Å². The van der Waals surface area contributed by atoms with Crippen LogP contribution in [0.3, 0.4) is 0 Å². The van der Waals surface area contributed by atoms with Crippen LogP contribution in [0.2, 0.25) is 0 Å². The third-order valence-electron chi connectivity index (χ3n) is 9.69. The van der Waals surface area contributed by atoms with Crippen LogP contribution in [0, 0.1) is 23.7 Å². The van der Waals surface area contributed by atoms with E-state index in [-0.39, 0.29) is 36.2 Å². The van der Waals surface area contributed by atoms with Gasteiger partial charge in [-0.25, -0.2) is 0 Å². The molecule has 3 aliphatic heterocycles. The Morgan fingerprint density at radius 1 is 1.15 bits per heavy atom. The molecule has 0 radical (unpaired) electrons. The first-order valence-corrected chi connectivity index (χ1v) is 14.3. The summed E-state index contributed by atoms with van der Waals surface area (Å²) in [5, 5.41) is 18.6. The number of aliphatic hydroxyl groups excluding tert-OH is 1. The van der Waals surface area contributed by atoms with E-state index in [0.717, 1.165) is 23.6 Å². The highest BCUT2D eigenvalue weighted by atomic mass is 16.5. The van der Waals surface area contributed by atoms with E-state index in [4.69, 9.17) is 4.74 Å². The third-order valence-corrected chi connectivity index (χ3v) is 9.69. The molecule has 3 heterocycles. The van der Waals surface area contributed by atoms with Crippen molar-refractivity contribution < 1.29 is 24.2 Å². The number of nitrogens with one attached hydrogen (secondary N) is 2. The van der Waals surface area contributed by atoms with Crippen LogP contribution in [-0.2, 0) is 19.1 Å². The summed E-state index contributed by atoms with van der Waals surface area (Å²) >= 11 is 0. The summed E-state index contributed by atoms with van der Waals surface area (Å²) in [6.07, 6.45) is 1.99. The van der Waals surface area contributed by atoms with E-state index in [1.54, 1.807) is 4.90 Å². The highest BCUT2D eigenvalue weighted by molar-refractivity contribution is 6.04. The first-order chi connectivity index (χ1) is 18.6. The van der Waals surface area contributed by atoms with Gasteiger partial charge in [-0.3, -0.25) is 14.4 Å². The number of benzene rings is 2. The summed E-state index contributed by atoms with van der Waals surface area (Å²) in [5.41, 5.74) is -1.39. The maximum Gasteiger partial charge on any atom is 0.250 e. The van der Waals surface area contributed by atoms with Gasteiger partial charge >= 0.3 is 0 Å². The highest BCUT2D eigenvalue weighted by Gasteiger charge is 2.80. The number of rotatable bonds is 9. The second-order valence-electron chi connectivity index (χ2n) is 11.9. The lowest BCUT2D eigenvalue weighted by atomic mass is 9.62. The van der Waals surface area contributed by atoms with Crippen molar-refractivity contribution in [2.24, 2.45) is 23.7 Å². The van der Waals surface area contributed by atoms with Crippen molar-refractivity contribution in [3.63, 3.8) is 0 Å². The molecule has 3 aliphatic rings. The molecule has 0 saturated carbocycles. The Morgan fingerprint density at radius 3 is 2.54 bits per heavy atom. The average molecular weight is 536 g/mol. The zero-order valence-corrected chi connectivity index (χ0v) is 23.6. The maximum atomic E-state index is 14.3. The van der Waals surface area contributed by atoms with Gasteiger partial charge in [0.25, 0.3) is 0 Å². The first-order valence-electron chi connectivity index (χ1n) is 14.3.